The van der Waals surface area contributed by atoms with E-state index in [1.54, 1.807) is 0 Å². The SMILES string of the molecule is CC[C@H](O)c1ccc(N(CCO)C2CCCCC2)cc1. The van der Waals surface area contributed by atoms with Gasteiger partial charge in [-0.2, -0.15) is 0 Å². The quantitative estimate of drug-likeness (QED) is 0.839. The average molecular weight is 277 g/mol. The number of nitrogens with zero attached hydrogens (tertiary/aromatic N) is 1. The van der Waals surface area contributed by atoms with Crippen LogP contribution in [0.4, 0.5) is 5.69 Å². The minimum Gasteiger partial charge on any atom is -0.395 e. The standard InChI is InChI=1S/C17H27NO2/c1-2-17(20)14-8-10-16(11-9-14)18(12-13-19)15-6-4-3-5-7-15/h8-11,15,17,19-20H,2-7,12-13H2,1H3/t17-/m0/s1. The fourth-order valence-electron chi connectivity index (χ4n) is 3.15. The highest BCUT2D eigenvalue weighted by Gasteiger charge is 2.21. The molecule has 20 heavy (non-hydrogen) atoms. The summed E-state index contributed by atoms with van der Waals surface area (Å²) in [6.07, 6.45) is 6.73. The smallest absolute Gasteiger partial charge is 0.0787 e. The zero-order valence-corrected chi connectivity index (χ0v) is 12.5. The number of anilines is 1. The lowest BCUT2D eigenvalue weighted by atomic mass is 9.93. The van der Waals surface area contributed by atoms with Crippen molar-refractivity contribution >= 4 is 5.69 Å². The van der Waals surface area contributed by atoms with E-state index in [0.29, 0.717) is 12.6 Å². The fraction of sp³-hybridized carbons (Fsp3) is 0.647. The Morgan fingerprint density at radius 1 is 1.15 bits per heavy atom. The van der Waals surface area contributed by atoms with Crippen molar-refractivity contribution in [2.45, 2.75) is 57.6 Å². The highest BCUT2D eigenvalue weighted by molar-refractivity contribution is 5.49. The second-order valence-corrected chi connectivity index (χ2v) is 5.72. The van der Waals surface area contributed by atoms with Gasteiger partial charge in [0.2, 0.25) is 0 Å². The van der Waals surface area contributed by atoms with Gasteiger partial charge in [0, 0.05) is 18.3 Å². The Labute approximate surface area is 122 Å². The molecule has 1 aliphatic rings. The summed E-state index contributed by atoms with van der Waals surface area (Å²) in [4.78, 5) is 2.33. The molecule has 1 atom stereocenters. The molecule has 1 saturated carbocycles. The normalized spacial score (nSPS) is 17.9. The zero-order chi connectivity index (χ0) is 14.4. The van der Waals surface area contributed by atoms with Gasteiger partial charge in [0.15, 0.2) is 0 Å². The molecule has 3 nitrogen and oxygen atoms in total. The number of hydrogen-bond donors (Lipinski definition) is 2. The maximum absolute atomic E-state index is 9.86. The average Bonchev–Trinajstić information content (AvgIpc) is 2.53. The Hall–Kier alpha value is -1.06. The van der Waals surface area contributed by atoms with Crippen LogP contribution in [0.2, 0.25) is 0 Å². The van der Waals surface area contributed by atoms with E-state index in [0.717, 1.165) is 17.7 Å². The fourth-order valence-corrected chi connectivity index (χ4v) is 3.15. The monoisotopic (exact) mass is 277 g/mol. The molecule has 2 rings (SSSR count). The van der Waals surface area contributed by atoms with Crippen molar-refractivity contribution < 1.29 is 10.2 Å². The first kappa shape index (κ1) is 15.3. The molecule has 0 amide bonds. The summed E-state index contributed by atoms with van der Waals surface area (Å²) in [5, 5.41) is 19.2. The van der Waals surface area contributed by atoms with E-state index in [9.17, 15) is 10.2 Å². The first-order valence-electron chi connectivity index (χ1n) is 7.91. The summed E-state index contributed by atoms with van der Waals surface area (Å²) in [5.74, 6) is 0. The molecule has 0 aromatic heterocycles. The number of aliphatic hydroxyl groups is 2. The summed E-state index contributed by atoms with van der Waals surface area (Å²) in [7, 11) is 0. The van der Waals surface area contributed by atoms with Crippen molar-refractivity contribution in [3.8, 4) is 0 Å². The predicted octanol–water partition coefficient (Wildman–Crippen LogP) is 3.26. The molecular weight excluding hydrogens is 250 g/mol. The molecule has 0 radical (unpaired) electrons. The molecule has 2 N–H and O–H groups in total. The Balaban J connectivity index is 2.11. The van der Waals surface area contributed by atoms with Crippen LogP contribution in [0.5, 0.6) is 0 Å². The van der Waals surface area contributed by atoms with Crippen LogP contribution in [-0.4, -0.2) is 29.4 Å². The van der Waals surface area contributed by atoms with Crippen molar-refractivity contribution in [2.24, 2.45) is 0 Å². The summed E-state index contributed by atoms with van der Waals surface area (Å²) >= 11 is 0. The third-order valence-electron chi connectivity index (χ3n) is 4.35. The second-order valence-electron chi connectivity index (χ2n) is 5.72. The first-order valence-corrected chi connectivity index (χ1v) is 7.91. The van der Waals surface area contributed by atoms with Crippen LogP contribution in [0, 0.1) is 0 Å². The van der Waals surface area contributed by atoms with Crippen LogP contribution in [0.1, 0.15) is 57.1 Å². The Bertz CT molecular complexity index is 384. The van der Waals surface area contributed by atoms with Crippen molar-refractivity contribution in [1.82, 2.24) is 0 Å². The Morgan fingerprint density at radius 2 is 1.80 bits per heavy atom. The van der Waals surface area contributed by atoms with Crippen LogP contribution in [-0.2, 0) is 0 Å². The third kappa shape index (κ3) is 3.74. The van der Waals surface area contributed by atoms with Crippen molar-refractivity contribution in [2.75, 3.05) is 18.1 Å². The molecule has 1 aliphatic carbocycles. The van der Waals surface area contributed by atoms with Gasteiger partial charge >= 0.3 is 0 Å². The maximum atomic E-state index is 9.86. The highest BCUT2D eigenvalue weighted by Crippen LogP contribution is 2.28. The molecule has 112 valence electrons. The lowest BCUT2D eigenvalue weighted by Gasteiger charge is -2.36. The van der Waals surface area contributed by atoms with E-state index in [-0.39, 0.29) is 12.7 Å². The molecule has 1 aromatic rings. The summed E-state index contributed by atoms with van der Waals surface area (Å²) in [6, 6.07) is 8.74. The molecule has 0 heterocycles. The Kier molecular flexibility index (Phi) is 5.86. The maximum Gasteiger partial charge on any atom is 0.0787 e. The van der Waals surface area contributed by atoms with Gasteiger partial charge in [-0.15, -0.1) is 0 Å². The number of benzene rings is 1. The number of hydrogen-bond acceptors (Lipinski definition) is 3. The first-order chi connectivity index (χ1) is 9.76. The topological polar surface area (TPSA) is 43.7 Å². The van der Waals surface area contributed by atoms with Crippen molar-refractivity contribution in [3.05, 3.63) is 29.8 Å². The van der Waals surface area contributed by atoms with Gasteiger partial charge in [-0.05, 0) is 37.0 Å². The van der Waals surface area contributed by atoms with Gasteiger partial charge in [0.1, 0.15) is 0 Å². The molecule has 0 unspecified atom stereocenters. The molecule has 0 bridgehead atoms. The van der Waals surface area contributed by atoms with Gasteiger partial charge in [-0.25, -0.2) is 0 Å². The lowest BCUT2D eigenvalue weighted by Crippen LogP contribution is -2.38. The molecule has 0 aliphatic heterocycles. The number of aliphatic hydroxyl groups excluding tert-OH is 2. The van der Waals surface area contributed by atoms with Gasteiger partial charge < -0.3 is 15.1 Å². The van der Waals surface area contributed by atoms with Crippen LogP contribution < -0.4 is 4.90 Å². The molecular formula is C17H27NO2. The molecule has 0 spiro atoms. The van der Waals surface area contributed by atoms with Gasteiger partial charge in [0.25, 0.3) is 0 Å². The van der Waals surface area contributed by atoms with E-state index in [4.69, 9.17) is 0 Å². The molecule has 1 aromatic carbocycles. The molecule has 0 saturated heterocycles. The van der Waals surface area contributed by atoms with Crippen molar-refractivity contribution in [1.29, 1.82) is 0 Å². The highest BCUT2D eigenvalue weighted by atomic mass is 16.3. The largest absolute Gasteiger partial charge is 0.395 e. The van der Waals surface area contributed by atoms with Crippen LogP contribution in [0.15, 0.2) is 24.3 Å². The summed E-state index contributed by atoms with van der Waals surface area (Å²) in [5.41, 5.74) is 2.14. The van der Waals surface area contributed by atoms with Crippen LogP contribution >= 0.6 is 0 Å². The van der Waals surface area contributed by atoms with Crippen molar-refractivity contribution in [3.63, 3.8) is 0 Å². The second kappa shape index (κ2) is 7.65. The van der Waals surface area contributed by atoms with E-state index in [2.05, 4.69) is 17.0 Å². The lowest BCUT2D eigenvalue weighted by molar-refractivity contribution is 0.173. The molecule has 3 heteroatoms. The third-order valence-corrected chi connectivity index (χ3v) is 4.35. The van der Waals surface area contributed by atoms with Gasteiger partial charge in [-0.3, -0.25) is 0 Å². The van der Waals surface area contributed by atoms with E-state index in [1.807, 2.05) is 19.1 Å². The number of rotatable bonds is 6. The summed E-state index contributed by atoms with van der Waals surface area (Å²) < 4.78 is 0. The van der Waals surface area contributed by atoms with E-state index < -0.39 is 0 Å². The van der Waals surface area contributed by atoms with Crippen LogP contribution in [0.25, 0.3) is 0 Å². The predicted molar refractivity (Wildman–Crippen MR) is 83.0 cm³/mol. The van der Waals surface area contributed by atoms with Gasteiger partial charge in [-0.1, -0.05) is 38.3 Å². The minimum atomic E-state index is -0.370. The minimum absolute atomic E-state index is 0.190. The van der Waals surface area contributed by atoms with E-state index in [1.165, 1.54) is 32.1 Å². The van der Waals surface area contributed by atoms with Gasteiger partial charge in [0.05, 0.1) is 12.7 Å². The van der Waals surface area contributed by atoms with Crippen LogP contribution in [0.3, 0.4) is 0 Å². The molecule has 1 fully saturated rings. The Morgan fingerprint density at radius 3 is 2.35 bits per heavy atom. The zero-order valence-electron chi connectivity index (χ0n) is 12.5. The van der Waals surface area contributed by atoms with E-state index >= 15 is 0 Å². The summed E-state index contributed by atoms with van der Waals surface area (Å²) in [6.45, 7) is 2.87.